The van der Waals surface area contributed by atoms with Crippen LogP contribution in [0.1, 0.15) is 30.4 Å². The average molecular weight is 366 g/mol. The maximum Gasteiger partial charge on any atom is 0.379 e. The summed E-state index contributed by atoms with van der Waals surface area (Å²) in [6.45, 7) is 1.75. The molecule has 0 amide bonds. The minimum atomic E-state index is -2.19. The van der Waals surface area contributed by atoms with Gasteiger partial charge in [-0.1, -0.05) is 42.5 Å². The van der Waals surface area contributed by atoms with E-state index in [2.05, 4.69) is 0 Å². The Bertz CT molecular complexity index is 1060. The summed E-state index contributed by atoms with van der Waals surface area (Å²) < 4.78 is 16.2. The van der Waals surface area contributed by atoms with Gasteiger partial charge in [0, 0.05) is 12.3 Å². The Kier molecular flexibility index (Phi) is 4.20. The molecule has 2 heterocycles. The summed E-state index contributed by atoms with van der Waals surface area (Å²) >= 11 is 0. The number of carbonyl (C=O) groups excluding carboxylic acids is 1. The lowest BCUT2D eigenvalue weighted by atomic mass is 9.83. The first kappa shape index (κ1) is 17.3. The lowest BCUT2D eigenvalue weighted by molar-refractivity contribution is -0.205. The van der Waals surface area contributed by atoms with Crippen LogP contribution in [0.15, 0.2) is 63.8 Å². The van der Waals surface area contributed by atoms with Crippen LogP contribution in [-0.2, 0) is 9.53 Å². The standard InChI is InChI=1S/C21H18O6/c1-2-25-20(23)21(24)12-15(13-8-4-3-5-9-13)17-18(27-21)14-10-6-7-11-16(14)26-19(17)22/h3-11,15,24H,2,12H2,1H3/t15-,21?/m1/s1. The third-order valence-electron chi connectivity index (χ3n) is 4.70. The van der Waals surface area contributed by atoms with Crippen LogP contribution >= 0.6 is 0 Å². The summed E-state index contributed by atoms with van der Waals surface area (Å²) in [4.78, 5) is 25.2. The minimum absolute atomic E-state index is 0.102. The number of hydrogen-bond donors (Lipinski definition) is 1. The van der Waals surface area contributed by atoms with Crippen molar-refractivity contribution in [3.05, 3.63) is 76.1 Å². The van der Waals surface area contributed by atoms with Gasteiger partial charge in [-0.05, 0) is 24.6 Å². The van der Waals surface area contributed by atoms with Crippen LogP contribution in [0.2, 0.25) is 0 Å². The molecule has 27 heavy (non-hydrogen) atoms. The number of aliphatic hydroxyl groups is 1. The van der Waals surface area contributed by atoms with Gasteiger partial charge < -0.3 is 19.0 Å². The highest BCUT2D eigenvalue weighted by atomic mass is 16.7. The second kappa shape index (κ2) is 6.55. The third kappa shape index (κ3) is 2.88. The zero-order chi connectivity index (χ0) is 19.0. The Morgan fingerprint density at radius 1 is 1.19 bits per heavy atom. The number of esters is 1. The Morgan fingerprint density at radius 2 is 1.89 bits per heavy atom. The highest BCUT2D eigenvalue weighted by molar-refractivity contribution is 5.87. The SMILES string of the molecule is CCOC(=O)C1(O)C[C@H](c2ccccc2)c2c(c3ccccc3oc2=O)O1. The highest BCUT2D eigenvalue weighted by Gasteiger charge is 2.49. The second-order valence-electron chi connectivity index (χ2n) is 6.40. The fourth-order valence-corrected chi connectivity index (χ4v) is 3.47. The van der Waals surface area contributed by atoms with Crippen molar-refractivity contribution in [2.45, 2.75) is 25.0 Å². The average Bonchev–Trinajstić information content (AvgIpc) is 2.68. The topological polar surface area (TPSA) is 86.0 Å². The van der Waals surface area contributed by atoms with Crippen LogP contribution < -0.4 is 10.4 Å². The molecule has 1 aromatic heterocycles. The van der Waals surface area contributed by atoms with Gasteiger partial charge in [0.2, 0.25) is 0 Å². The summed E-state index contributed by atoms with van der Waals surface area (Å²) in [6.07, 6.45) is -0.147. The molecular weight excluding hydrogens is 348 g/mol. The van der Waals surface area contributed by atoms with Crippen molar-refractivity contribution < 1.29 is 23.8 Å². The molecule has 1 aliphatic rings. The zero-order valence-corrected chi connectivity index (χ0v) is 14.7. The molecule has 0 aliphatic carbocycles. The number of ether oxygens (including phenoxy) is 2. The van der Waals surface area contributed by atoms with Crippen molar-refractivity contribution in [3.63, 3.8) is 0 Å². The van der Waals surface area contributed by atoms with E-state index in [1.54, 1.807) is 31.2 Å². The Balaban J connectivity index is 1.98. The first-order valence-electron chi connectivity index (χ1n) is 8.73. The maximum atomic E-state index is 12.7. The van der Waals surface area contributed by atoms with E-state index < -0.39 is 23.3 Å². The van der Waals surface area contributed by atoms with Crippen molar-refractivity contribution in [1.82, 2.24) is 0 Å². The van der Waals surface area contributed by atoms with E-state index in [-0.39, 0.29) is 24.3 Å². The van der Waals surface area contributed by atoms with Crippen LogP contribution in [0.25, 0.3) is 11.0 Å². The van der Waals surface area contributed by atoms with Crippen molar-refractivity contribution in [2.75, 3.05) is 6.61 Å². The van der Waals surface area contributed by atoms with Crippen molar-refractivity contribution in [1.29, 1.82) is 0 Å². The van der Waals surface area contributed by atoms with Crippen molar-refractivity contribution in [3.8, 4) is 5.75 Å². The van der Waals surface area contributed by atoms with Gasteiger partial charge in [-0.3, -0.25) is 0 Å². The molecule has 6 heteroatoms. The van der Waals surface area contributed by atoms with Gasteiger partial charge in [-0.25, -0.2) is 9.59 Å². The molecule has 0 spiro atoms. The van der Waals surface area contributed by atoms with Crippen LogP contribution in [0.4, 0.5) is 0 Å². The largest absolute Gasteiger partial charge is 0.461 e. The first-order chi connectivity index (χ1) is 13.0. The molecule has 1 aliphatic heterocycles. The van der Waals surface area contributed by atoms with Crippen LogP contribution in [0, 0.1) is 0 Å². The molecule has 0 saturated carbocycles. The quantitative estimate of drug-likeness (QED) is 0.567. The number of fused-ring (bicyclic) bond motifs is 3. The molecule has 3 aromatic rings. The molecule has 1 N–H and O–H groups in total. The summed E-state index contributed by atoms with van der Waals surface area (Å²) in [6, 6.07) is 16.0. The lowest BCUT2D eigenvalue weighted by Gasteiger charge is -2.36. The van der Waals surface area contributed by atoms with Crippen molar-refractivity contribution >= 4 is 16.9 Å². The van der Waals surface area contributed by atoms with Gasteiger partial charge >= 0.3 is 17.4 Å². The van der Waals surface area contributed by atoms with Gasteiger partial charge in [0.25, 0.3) is 0 Å². The van der Waals surface area contributed by atoms with Gasteiger partial charge in [0.05, 0.1) is 17.6 Å². The third-order valence-corrected chi connectivity index (χ3v) is 4.70. The second-order valence-corrected chi connectivity index (χ2v) is 6.40. The summed E-state index contributed by atoms with van der Waals surface area (Å²) in [5.74, 6) is -3.50. The molecule has 6 nitrogen and oxygen atoms in total. The lowest BCUT2D eigenvalue weighted by Crippen LogP contribution is -2.50. The zero-order valence-electron chi connectivity index (χ0n) is 14.7. The normalized spacial score (nSPS) is 21.3. The van der Waals surface area contributed by atoms with Crippen LogP contribution in [0.5, 0.6) is 5.75 Å². The molecule has 0 saturated heterocycles. The van der Waals surface area contributed by atoms with Gasteiger partial charge in [-0.2, -0.15) is 0 Å². The smallest absolute Gasteiger partial charge is 0.379 e. The van der Waals surface area contributed by atoms with E-state index in [0.29, 0.717) is 11.0 Å². The number of rotatable bonds is 3. The number of para-hydroxylation sites is 1. The predicted octanol–water partition coefficient (Wildman–Crippen LogP) is 2.96. The van der Waals surface area contributed by atoms with Crippen LogP contribution in [-0.4, -0.2) is 23.5 Å². The number of carbonyl (C=O) groups is 1. The first-order valence-corrected chi connectivity index (χ1v) is 8.73. The number of hydrogen-bond acceptors (Lipinski definition) is 6. The molecule has 0 bridgehead atoms. The molecule has 2 atom stereocenters. The summed E-state index contributed by atoms with van der Waals surface area (Å²) in [5.41, 5.74) is 0.825. The van der Waals surface area contributed by atoms with Gasteiger partial charge in [0.15, 0.2) is 0 Å². The van der Waals surface area contributed by atoms with E-state index >= 15 is 0 Å². The minimum Gasteiger partial charge on any atom is -0.461 e. The fourth-order valence-electron chi connectivity index (χ4n) is 3.47. The molecule has 4 rings (SSSR count). The molecule has 138 valence electrons. The summed E-state index contributed by atoms with van der Waals surface area (Å²) in [5, 5.41) is 11.5. The van der Waals surface area contributed by atoms with E-state index in [4.69, 9.17) is 13.9 Å². The van der Waals surface area contributed by atoms with E-state index in [0.717, 1.165) is 5.56 Å². The van der Waals surface area contributed by atoms with E-state index in [1.807, 2.05) is 30.3 Å². The molecular formula is C21H18O6. The Morgan fingerprint density at radius 3 is 2.63 bits per heavy atom. The molecule has 0 radical (unpaired) electrons. The van der Waals surface area contributed by atoms with Gasteiger partial charge in [-0.15, -0.1) is 0 Å². The van der Waals surface area contributed by atoms with Crippen LogP contribution in [0.3, 0.4) is 0 Å². The van der Waals surface area contributed by atoms with Crippen molar-refractivity contribution in [2.24, 2.45) is 0 Å². The monoisotopic (exact) mass is 366 g/mol. The van der Waals surface area contributed by atoms with E-state index in [9.17, 15) is 14.7 Å². The molecule has 2 aromatic carbocycles. The Labute approximate surface area is 155 Å². The maximum absolute atomic E-state index is 12.7. The summed E-state index contributed by atoms with van der Waals surface area (Å²) in [7, 11) is 0. The van der Waals surface area contributed by atoms with Gasteiger partial charge in [0.1, 0.15) is 11.3 Å². The fraction of sp³-hybridized carbons (Fsp3) is 0.238. The predicted molar refractivity (Wildman–Crippen MR) is 97.6 cm³/mol. The molecule has 0 fully saturated rings. The van der Waals surface area contributed by atoms with E-state index in [1.165, 1.54) is 0 Å². The Hall–Kier alpha value is -3.12. The number of benzene rings is 2. The molecule has 1 unspecified atom stereocenters. The highest BCUT2D eigenvalue weighted by Crippen LogP contribution is 2.45.